The molecule has 0 N–H and O–H groups in total. The zero-order chi connectivity index (χ0) is 22.7. The Balaban J connectivity index is 1.40. The SMILES string of the molecule is Cn1c(N2CCN(CCc3ccccc3C(=O)c3ccccc3)CC2)cc(=O)n(C)c1=O. The fourth-order valence-corrected chi connectivity index (χ4v) is 4.21. The van der Waals surface area contributed by atoms with Crippen molar-refractivity contribution in [3.63, 3.8) is 0 Å². The molecule has 2 heterocycles. The van der Waals surface area contributed by atoms with Gasteiger partial charge >= 0.3 is 5.69 Å². The molecule has 3 aromatic rings. The van der Waals surface area contributed by atoms with Crippen LogP contribution in [0.5, 0.6) is 0 Å². The number of carbonyl (C=O) groups excluding carboxylic acids is 1. The summed E-state index contributed by atoms with van der Waals surface area (Å²) >= 11 is 0. The van der Waals surface area contributed by atoms with Gasteiger partial charge < -0.3 is 4.90 Å². The van der Waals surface area contributed by atoms with Crippen LogP contribution in [0.2, 0.25) is 0 Å². The van der Waals surface area contributed by atoms with Crippen molar-refractivity contribution in [2.45, 2.75) is 6.42 Å². The predicted octanol–water partition coefficient (Wildman–Crippen LogP) is 1.68. The summed E-state index contributed by atoms with van der Waals surface area (Å²) in [6.07, 6.45) is 0.791. The van der Waals surface area contributed by atoms with Crippen LogP contribution in [0.1, 0.15) is 21.5 Å². The third kappa shape index (κ3) is 4.43. The minimum Gasteiger partial charge on any atom is -0.355 e. The molecule has 0 atom stereocenters. The first kappa shape index (κ1) is 21.8. The maximum Gasteiger partial charge on any atom is 0.332 e. The molecule has 32 heavy (non-hydrogen) atoms. The molecular weight excluding hydrogens is 404 g/mol. The van der Waals surface area contributed by atoms with Gasteiger partial charge in [0, 0.05) is 64.0 Å². The quantitative estimate of drug-likeness (QED) is 0.555. The molecule has 0 spiro atoms. The fourth-order valence-electron chi connectivity index (χ4n) is 4.21. The Morgan fingerprint density at radius 2 is 1.50 bits per heavy atom. The lowest BCUT2D eigenvalue weighted by atomic mass is 9.96. The van der Waals surface area contributed by atoms with Gasteiger partial charge in [0.25, 0.3) is 5.56 Å². The lowest BCUT2D eigenvalue weighted by Gasteiger charge is -2.36. The monoisotopic (exact) mass is 432 g/mol. The molecule has 1 fully saturated rings. The van der Waals surface area contributed by atoms with E-state index in [4.69, 9.17) is 0 Å². The average molecular weight is 433 g/mol. The van der Waals surface area contributed by atoms with E-state index in [1.165, 1.54) is 17.7 Å². The number of benzene rings is 2. The van der Waals surface area contributed by atoms with Crippen molar-refractivity contribution in [3.8, 4) is 0 Å². The lowest BCUT2D eigenvalue weighted by Crippen LogP contribution is -2.49. The standard InChI is InChI=1S/C25H28N4O3/c1-26-22(18-23(30)27(2)25(26)32)29-16-14-28(15-17-29)13-12-19-8-6-7-11-21(19)24(31)20-9-4-3-5-10-20/h3-11,18H,12-17H2,1-2H3. The van der Waals surface area contributed by atoms with Crippen molar-refractivity contribution < 1.29 is 4.79 Å². The molecule has 4 rings (SSSR count). The molecule has 0 aliphatic carbocycles. The predicted molar refractivity (Wildman–Crippen MR) is 126 cm³/mol. The Hall–Kier alpha value is -3.45. The van der Waals surface area contributed by atoms with E-state index in [1.807, 2.05) is 54.6 Å². The molecule has 7 nitrogen and oxygen atoms in total. The fraction of sp³-hybridized carbons (Fsp3) is 0.320. The molecule has 0 amide bonds. The molecule has 0 unspecified atom stereocenters. The molecule has 2 aromatic carbocycles. The molecule has 166 valence electrons. The third-order valence-corrected chi connectivity index (χ3v) is 6.19. The van der Waals surface area contributed by atoms with Gasteiger partial charge in [-0.1, -0.05) is 54.6 Å². The molecule has 1 saturated heterocycles. The van der Waals surface area contributed by atoms with Crippen LogP contribution in [-0.4, -0.2) is 52.5 Å². The van der Waals surface area contributed by atoms with Gasteiger partial charge in [0.2, 0.25) is 0 Å². The summed E-state index contributed by atoms with van der Waals surface area (Å²) in [4.78, 5) is 41.7. The number of ketones is 1. The third-order valence-electron chi connectivity index (χ3n) is 6.19. The number of hydrogen-bond acceptors (Lipinski definition) is 5. The first-order valence-electron chi connectivity index (χ1n) is 10.9. The largest absolute Gasteiger partial charge is 0.355 e. The van der Waals surface area contributed by atoms with Crippen molar-refractivity contribution in [2.24, 2.45) is 14.1 Å². The average Bonchev–Trinajstić information content (AvgIpc) is 2.84. The summed E-state index contributed by atoms with van der Waals surface area (Å²) in [6.45, 7) is 3.99. The van der Waals surface area contributed by atoms with E-state index in [2.05, 4.69) is 9.80 Å². The first-order chi connectivity index (χ1) is 15.5. The number of aromatic nitrogens is 2. The van der Waals surface area contributed by atoms with Gasteiger partial charge in [-0.05, 0) is 12.0 Å². The molecule has 1 aromatic heterocycles. The Labute approximate surface area is 187 Å². The maximum atomic E-state index is 13.0. The van der Waals surface area contributed by atoms with Crippen LogP contribution in [0.25, 0.3) is 0 Å². The van der Waals surface area contributed by atoms with Gasteiger partial charge in [-0.15, -0.1) is 0 Å². The van der Waals surface area contributed by atoms with Crippen LogP contribution in [0.3, 0.4) is 0 Å². The van der Waals surface area contributed by atoms with Gasteiger partial charge in [-0.25, -0.2) is 4.79 Å². The first-order valence-corrected chi connectivity index (χ1v) is 10.9. The van der Waals surface area contributed by atoms with Gasteiger partial charge in [0.15, 0.2) is 5.78 Å². The normalized spacial score (nSPS) is 14.5. The van der Waals surface area contributed by atoms with Crippen LogP contribution in [0.15, 0.2) is 70.3 Å². The van der Waals surface area contributed by atoms with E-state index in [0.717, 1.165) is 54.8 Å². The zero-order valence-electron chi connectivity index (χ0n) is 18.5. The molecular formula is C25H28N4O3. The van der Waals surface area contributed by atoms with Crippen LogP contribution >= 0.6 is 0 Å². The number of anilines is 1. The number of nitrogens with zero attached hydrogens (tertiary/aromatic N) is 4. The van der Waals surface area contributed by atoms with Gasteiger partial charge in [0.1, 0.15) is 5.82 Å². The molecule has 1 aliphatic rings. The number of carbonyl (C=O) groups is 1. The summed E-state index contributed by atoms with van der Waals surface area (Å²) in [5, 5.41) is 0. The van der Waals surface area contributed by atoms with Crippen LogP contribution in [0.4, 0.5) is 5.82 Å². The molecule has 0 radical (unpaired) electrons. The van der Waals surface area contributed by atoms with Crippen LogP contribution in [-0.2, 0) is 20.5 Å². The van der Waals surface area contributed by atoms with E-state index in [-0.39, 0.29) is 17.0 Å². The Bertz CT molecular complexity index is 1220. The van der Waals surface area contributed by atoms with Crippen LogP contribution < -0.4 is 16.1 Å². The highest BCUT2D eigenvalue weighted by Gasteiger charge is 2.21. The minimum atomic E-state index is -0.311. The maximum absolute atomic E-state index is 13.0. The van der Waals surface area contributed by atoms with Crippen molar-refractivity contribution in [1.29, 1.82) is 0 Å². The summed E-state index contributed by atoms with van der Waals surface area (Å²) < 4.78 is 2.65. The number of piperazine rings is 1. The van der Waals surface area contributed by atoms with Crippen LogP contribution in [0, 0.1) is 0 Å². The summed E-state index contributed by atoms with van der Waals surface area (Å²) in [5.74, 6) is 0.717. The summed E-state index contributed by atoms with van der Waals surface area (Å²) in [5.41, 5.74) is 1.92. The van der Waals surface area contributed by atoms with E-state index in [1.54, 1.807) is 7.05 Å². The van der Waals surface area contributed by atoms with Gasteiger partial charge in [-0.2, -0.15) is 0 Å². The van der Waals surface area contributed by atoms with Gasteiger partial charge in [0.05, 0.1) is 0 Å². The number of rotatable bonds is 6. The smallest absolute Gasteiger partial charge is 0.332 e. The molecule has 0 saturated carbocycles. The second kappa shape index (κ2) is 9.36. The second-order valence-corrected chi connectivity index (χ2v) is 8.17. The summed E-state index contributed by atoms with van der Waals surface area (Å²) in [7, 11) is 3.19. The Morgan fingerprint density at radius 1 is 0.844 bits per heavy atom. The summed E-state index contributed by atoms with van der Waals surface area (Å²) in [6, 6.07) is 18.7. The molecule has 0 bridgehead atoms. The van der Waals surface area contributed by atoms with Crippen molar-refractivity contribution in [3.05, 3.63) is 98.2 Å². The Kier molecular flexibility index (Phi) is 6.37. The number of hydrogen-bond donors (Lipinski definition) is 0. The van der Waals surface area contributed by atoms with Gasteiger partial charge in [-0.3, -0.25) is 23.6 Å². The van der Waals surface area contributed by atoms with E-state index in [0.29, 0.717) is 11.4 Å². The van der Waals surface area contributed by atoms with E-state index >= 15 is 0 Å². The van der Waals surface area contributed by atoms with Crippen molar-refractivity contribution >= 4 is 11.6 Å². The van der Waals surface area contributed by atoms with Crippen molar-refractivity contribution in [2.75, 3.05) is 37.6 Å². The highest BCUT2D eigenvalue weighted by molar-refractivity contribution is 6.09. The molecule has 1 aliphatic heterocycles. The molecule has 7 heteroatoms. The van der Waals surface area contributed by atoms with E-state index < -0.39 is 0 Å². The highest BCUT2D eigenvalue weighted by atomic mass is 16.2. The second-order valence-electron chi connectivity index (χ2n) is 8.17. The minimum absolute atomic E-state index is 0.0533. The highest BCUT2D eigenvalue weighted by Crippen LogP contribution is 2.17. The topological polar surface area (TPSA) is 67.5 Å². The van der Waals surface area contributed by atoms with E-state index in [9.17, 15) is 14.4 Å². The zero-order valence-corrected chi connectivity index (χ0v) is 18.5. The van der Waals surface area contributed by atoms with Crippen molar-refractivity contribution in [1.82, 2.24) is 14.0 Å². The lowest BCUT2D eigenvalue weighted by molar-refractivity contribution is 0.103. The Morgan fingerprint density at radius 3 is 2.22 bits per heavy atom.